The van der Waals surface area contributed by atoms with Crippen molar-refractivity contribution in [1.82, 2.24) is 25.8 Å². The van der Waals surface area contributed by atoms with Crippen molar-refractivity contribution in [2.45, 2.75) is 26.2 Å². The molecule has 1 saturated heterocycles. The lowest BCUT2D eigenvalue weighted by molar-refractivity contribution is 0.0938. The molecule has 1 unspecified atom stereocenters. The third-order valence-electron chi connectivity index (χ3n) is 2.94. The van der Waals surface area contributed by atoms with Gasteiger partial charge in [0.2, 0.25) is 5.82 Å². The van der Waals surface area contributed by atoms with Crippen molar-refractivity contribution in [3.63, 3.8) is 0 Å². The van der Waals surface area contributed by atoms with Crippen LogP contribution in [0.25, 0.3) is 0 Å². The molecule has 0 bridgehead atoms. The molecule has 1 aromatic heterocycles. The summed E-state index contributed by atoms with van der Waals surface area (Å²) in [6.07, 6.45) is 2.94. The minimum Gasteiger partial charge on any atom is -0.349 e. The molecule has 1 aliphatic heterocycles. The van der Waals surface area contributed by atoms with E-state index in [4.69, 9.17) is 0 Å². The van der Waals surface area contributed by atoms with Crippen LogP contribution in [-0.2, 0) is 6.42 Å². The van der Waals surface area contributed by atoms with Crippen LogP contribution >= 0.6 is 0 Å². The third kappa shape index (κ3) is 3.26. The van der Waals surface area contributed by atoms with Crippen molar-refractivity contribution >= 4 is 5.91 Å². The van der Waals surface area contributed by atoms with E-state index < -0.39 is 0 Å². The highest BCUT2D eigenvalue weighted by molar-refractivity contribution is 5.90. The van der Waals surface area contributed by atoms with Gasteiger partial charge in [0.25, 0.3) is 5.91 Å². The molecule has 0 aliphatic carbocycles. The molecule has 6 nitrogen and oxygen atoms in total. The van der Waals surface area contributed by atoms with Crippen LogP contribution < -0.4 is 10.6 Å². The summed E-state index contributed by atoms with van der Waals surface area (Å²) in [5.41, 5.74) is 0. The van der Waals surface area contributed by atoms with E-state index in [2.05, 4.69) is 32.7 Å². The van der Waals surface area contributed by atoms with Gasteiger partial charge in [-0.25, -0.2) is 4.98 Å². The number of amides is 1. The average molecular weight is 237 g/mol. The Bertz CT molecular complexity index is 370. The lowest BCUT2D eigenvalue weighted by Crippen LogP contribution is -2.30. The van der Waals surface area contributed by atoms with Crippen molar-refractivity contribution in [1.29, 1.82) is 0 Å². The number of nitrogens with zero attached hydrogens (tertiary/aromatic N) is 2. The maximum absolute atomic E-state index is 11.7. The topological polar surface area (TPSA) is 82.7 Å². The van der Waals surface area contributed by atoms with E-state index in [0.29, 0.717) is 12.5 Å². The largest absolute Gasteiger partial charge is 0.349 e. The van der Waals surface area contributed by atoms with Gasteiger partial charge in [0, 0.05) is 13.0 Å². The molecule has 2 heterocycles. The van der Waals surface area contributed by atoms with Crippen LogP contribution in [0.3, 0.4) is 0 Å². The lowest BCUT2D eigenvalue weighted by Gasteiger charge is -2.07. The van der Waals surface area contributed by atoms with E-state index in [0.717, 1.165) is 38.2 Å². The highest BCUT2D eigenvalue weighted by Gasteiger charge is 2.17. The standard InChI is InChI=1S/C11H19N5O/c1-2-3-9-14-10(16-15-9)11(17)13-7-8-4-5-12-6-8/h8,12H,2-7H2,1H3,(H,13,17)(H,14,15,16). The third-order valence-corrected chi connectivity index (χ3v) is 2.94. The lowest BCUT2D eigenvalue weighted by atomic mass is 10.1. The number of hydrogen-bond donors (Lipinski definition) is 3. The van der Waals surface area contributed by atoms with Crippen molar-refractivity contribution < 1.29 is 4.79 Å². The zero-order valence-electron chi connectivity index (χ0n) is 10.1. The molecule has 1 fully saturated rings. The van der Waals surface area contributed by atoms with Crippen LogP contribution in [0.1, 0.15) is 36.2 Å². The molecular weight excluding hydrogens is 218 g/mol. The molecule has 0 saturated carbocycles. The number of aromatic nitrogens is 3. The summed E-state index contributed by atoms with van der Waals surface area (Å²) < 4.78 is 0. The zero-order valence-corrected chi connectivity index (χ0v) is 10.1. The summed E-state index contributed by atoms with van der Waals surface area (Å²) in [6, 6.07) is 0. The van der Waals surface area contributed by atoms with E-state index in [9.17, 15) is 4.79 Å². The number of nitrogens with one attached hydrogen (secondary N) is 3. The monoisotopic (exact) mass is 237 g/mol. The number of carbonyl (C=O) groups is 1. The van der Waals surface area contributed by atoms with Gasteiger partial charge < -0.3 is 10.6 Å². The molecule has 1 aromatic rings. The van der Waals surface area contributed by atoms with E-state index in [1.54, 1.807) is 0 Å². The second kappa shape index (κ2) is 5.77. The second-order valence-electron chi connectivity index (χ2n) is 4.42. The maximum atomic E-state index is 11.7. The highest BCUT2D eigenvalue weighted by atomic mass is 16.2. The Morgan fingerprint density at radius 3 is 3.18 bits per heavy atom. The van der Waals surface area contributed by atoms with Gasteiger partial charge in [-0.05, 0) is 31.8 Å². The molecule has 0 spiro atoms. The first-order valence-electron chi connectivity index (χ1n) is 6.19. The first-order chi connectivity index (χ1) is 8.29. The summed E-state index contributed by atoms with van der Waals surface area (Å²) in [7, 11) is 0. The van der Waals surface area contributed by atoms with Crippen LogP contribution in [0, 0.1) is 5.92 Å². The molecule has 0 aromatic carbocycles. The molecule has 6 heteroatoms. The summed E-state index contributed by atoms with van der Waals surface area (Å²) >= 11 is 0. The van der Waals surface area contributed by atoms with E-state index >= 15 is 0 Å². The number of aromatic amines is 1. The number of carbonyl (C=O) groups excluding carboxylic acids is 1. The summed E-state index contributed by atoms with van der Waals surface area (Å²) in [5, 5.41) is 12.8. The minimum absolute atomic E-state index is 0.185. The molecule has 1 atom stereocenters. The van der Waals surface area contributed by atoms with Crippen molar-refractivity contribution in [2.75, 3.05) is 19.6 Å². The Morgan fingerprint density at radius 1 is 1.59 bits per heavy atom. The first kappa shape index (κ1) is 12.0. The summed E-state index contributed by atoms with van der Waals surface area (Å²) in [6.45, 7) is 4.79. The molecule has 1 amide bonds. The fraction of sp³-hybridized carbons (Fsp3) is 0.727. The van der Waals surface area contributed by atoms with E-state index in [-0.39, 0.29) is 11.7 Å². The van der Waals surface area contributed by atoms with Gasteiger partial charge in [-0.15, -0.1) is 5.10 Å². The smallest absolute Gasteiger partial charge is 0.290 e. The van der Waals surface area contributed by atoms with Crippen molar-refractivity contribution in [2.24, 2.45) is 5.92 Å². The Morgan fingerprint density at radius 2 is 2.47 bits per heavy atom. The number of H-pyrrole nitrogens is 1. The fourth-order valence-electron chi connectivity index (χ4n) is 1.95. The second-order valence-corrected chi connectivity index (χ2v) is 4.42. The Labute approximate surface area is 101 Å². The molecular formula is C11H19N5O. The van der Waals surface area contributed by atoms with Gasteiger partial charge in [0.15, 0.2) is 0 Å². The van der Waals surface area contributed by atoms with E-state index in [1.807, 2.05) is 0 Å². The van der Waals surface area contributed by atoms with Crippen LogP contribution in [0.15, 0.2) is 0 Å². The number of rotatable bonds is 5. The molecule has 2 rings (SSSR count). The van der Waals surface area contributed by atoms with Crippen LogP contribution in [-0.4, -0.2) is 40.7 Å². The van der Waals surface area contributed by atoms with Crippen LogP contribution in [0.2, 0.25) is 0 Å². The van der Waals surface area contributed by atoms with Gasteiger partial charge in [0.1, 0.15) is 5.82 Å². The van der Waals surface area contributed by atoms with Gasteiger partial charge in [0.05, 0.1) is 0 Å². The predicted octanol–water partition coefficient (Wildman–Crippen LogP) is 0.0965. The quantitative estimate of drug-likeness (QED) is 0.678. The molecule has 0 radical (unpaired) electrons. The van der Waals surface area contributed by atoms with Gasteiger partial charge in [-0.1, -0.05) is 6.92 Å². The molecule has 17 heavy (non-hydrogen) atoms. The molecule has 1 aliphatic rings. The Hall–Kier alpha value is -1.43. The number of hydrogen-bond acceptors (Lipinski definition) is 4. The Balaban J connectivity index is 1.81. The molecule has 94 valence electrons. The highest BCUT2D eigenvalue weighted by Crippen LogP contribution is 2.05. The van der Waals surface area contributed by atoms with Crippen molar-refractivity contribution in [3.8, 4) is 0 Å². The van der Waals surface area contributed by atoms with Gasteiger partial charge >= 0.3 is 0 Å². The van der Waals surface area contributed by atoms with Gasteiger partial charge in [-0.2, -0.15) is 0 Å². The normalized spacial score (nSPS) is 19.5. The maximum Gasteiger partial charge on any atom is 0.290 e. The summed E-state index contributed by atoms with van der Waals surface area (Å²) in [5.74, 6) is 1.38. The predicted molar refractivity (Wildman–Crippen MR) is 63.7 cm³/mol. The summed E-state index contributed by atoms with van der Waals surface area (Å²) in [4.78, 5) is 15.9. The minimum atomic E-state index is -0.185. The van der Waals surface area contributed by atoms with Gasteiger partial charge in [-0.3, -0.25) is 9.89 Å². The molecule has 3 N–H and O–H groups in total. The van der Waals surface area contributed by atoms with Crippen LogP contribution in [0.4, 0.5) is 0 Å². The fourth-order valence-corrected chi connectivity index (χ4v) is 1.95. The average Bonchev–Trinajstić information content (AvgIpc) is 2.97. The first-order valence-corrected chi connectivity index (χ1v) is 6.19. The number of aryl methyl sites for hydroxylation is 1. The van der Waals surface area contributed by atoms with E-state index in [1.165, 1.54) is 0 Å². The zero-order chi connectivity index (χ0) is 12.1. The Kier molecular flexibility index (Phi) is 4.08. The SMILES string of the molecule is CCCc1nc(C(=O)NCC2CCNC2)n[nH]1. The van der Waals surface area contributed by atoms with Crippen LogP contribution in [0.5, 0.6) is 0 Å². The van der Waals surface area contributed by atoms with Crippen molar-refractivity contribution in [3.05, 3.63) is 11.6 Å².